The lowest BCUT2D eigenvalue weighted by Crippen LogP contribution is -1.98. The van der Waals surface area contributed by atoms with Crippen molar-refractivity contribution in [2.24, 2.45) is 0 Å². The third kappa shape index (κ3) is 1.59. The van der Waals surface area contributed by atoms with Gasteiger partial charge in [0, 0.05) is 23.2 Å². The van der Waals surface area contributed by atoms with Gasteiger partial charge in [-0.1, -0.05) is 0 Å². The Balaban J connectivity index is 2.59. The summed E-state index contributed by atoms with van der Waals surface area (Å²) in [5, 5.41) is 27.8. The average Bonchev–Trinajstić information content (AvgIpc) is 2.49. The molecule has 0 aliphatic heterocycles. The van der Waals surface area contributed by atoms with Gasteiger partial charge in [-0.2, -0.15) is 0 Å². The summed E-state index contributed by atoms with van der Waals surface area (Å²) in [7, 11) is 0. The predicted molar refractivity (Wildman–Crippen MR) is 53.0 cm³/mol. The van der Waals surface area contributed by atoms with Gasteiger partial charge in [0.2, 0.25) is 0 Å². The van der Waals surface area contributed by atoms with E-state index in [0.717, 1.165) is 0 Å². The highest BCUT2D eigenvalue weighted by Crippen LogP contribution is 2.31. The van der Waals surface area contributed by atoms with Gasteiger partial charge in [-0.25, -0.2) is 0 Å². The Morgan fingerprint density at radius 1 is 1.27 bits per heavy atom. The van der Waals surface area contributed by atoms with Crippen LogP contribution in [0, 0.1) is 0 Å². The summed E-state index contributed by atoms with van der Waals surface area (Å²) in [5.74, 6) is -1.43. The van der Waals surface area contributed by atoms with Crippen molar-refractivity contribution in [3.63, 3.8) is 0 Å². The first kappa shape index (κ1) is 9.39. The molecule has 2 rings (SSSR count). The van der Waals surface area contributed by atoms with E-state index >= 15 is 0 Å². The van der Waals surface area contributed by atoms with E-state index in [1.54, 1.807) is 6.20 Å². The summed E-state index contributed by atoms with van der Waals surface area (Å²) in [6, 6.07) is 2.70. The van der Waals surface area contributed by atoms with Gasteiger partial charge in [0.05, 0.1) is 6.42 Å². The minimum absolute atomic E-state index is 0.121. The SMILES string of the molecule is O=C(O)Cc1c[nH]c2cc(O)c(O)cc12. The number of fused-ring (bicyclic) bond motifs is 1. The van der Waals surface area contributed by atoms with Crippen LogP contribution in [-0.4, -0.2) is 26.3 Å². The number of carboxylic acid groups (broad SMARTS) is 1. The third-order valence-corrected chi connectivity index (χ3v) is 2.20. The Hall–Kier alpha value is -2.17. The second-order valence-corrected chi connectivity index (χ2v) is 3.27. The van der Waals surface area contributed by atoms with Gasteiger partial charge in [0.1, 0.15) is 0 Å². The van der Waals surface area contributed by atoms with E-state index < -0.39 is 5.97 Å². The van der Waals surface area contributed by atoms with Crippen molar-refractivity contribution in [2.75, 3.05) is 0 Å². The Morgan fingerprint density at radius 2 is 1.93 bits per heavy atom. The number of hydrogen-bond acceptors (Lipinski definition) is 3. The first-order chi connectivity index (χ1) is 7.08. The van der Waals surface area contributed by atoms with Crippen molar-refractivity contribution in [1.29, 1.82) is 0 Å². The van der Waals surface area contributed by atoms with Crippen LogP contribution in [0.4, 0.5) is 0 Å². The highest BCUT2D eigenvalue weighted by Gasteiger charge is 2.10. The summed E-state index contributed by atoms with van der Waals surface area (Å²) in [6.45, 7) is 0. The van der Waals surface area contributed by atoms with E-state index in [9.17, 15) is 15.0 Å². The lowest BCUT2D eigenvalue weighted by atomic mass is 10.1. The monoisotopic (exact) mass is 207 g/mol. The van der Waals surface area contributed by atoms with Crippen molar-refractivity contribution in [3.05, 3.63) is 23.9 Å². The van der Waals surface area contributed by atoms with Gasteiger partial charge in [0.25, 0.3) is 0 Å². The normalized spacial score (nSPS) is 10.7. The number of carboxylic acids is 1. The lowest BCUT2D eigenvalue weighted by molar-refractivity contribution is -0.136. The molecule has 0 aliphatic carbocycles. The van der Waals surface area contributed by atoms with Crippen molar-refractivity contribution < 1.29 is 20.1 Å². The Labute approximate surface area is 84.6 Å². The molecule has 5 heteroatoms. The van der Waals surface area contributed by atoms with E-state index in [1.165, 1.54) is 12.1 Å². The maximum Gasteiger partial charge on any atom is 0.307 e. The van der Waals surface area contributed by atoms with E-state index in [-0.39, 0.29) is 17.9 Å². The van der Waals surface area contributed by atoms with Crippen LogP contribution in [0.2, 0.25) is 0 Å². The minimum Gasteiger partial charge on any atom is -0.504 e. The topological polar surface area (TPSA) is 93.5 Å². The number of phenols is 2. The number of aromatic amines is 1. The smallest absolute Gasteiger partial charge is 0.307 e. The fourth-order valence-electron chi connectivity index (χ4n) is 1.51. The molecule has 0 saturated carbocycles. The molecule has 0 atom stereocenters. The largest absolute Gasteiger partial charge is 0.504 e. The van der Waals surface area contributed by atoms with Crippen LogP contribution in [0.15, 0.2) is 18.3 Å². The second kappa shape index (κ2) is 3.20. The van der Waals surface area contributed by atoms with Crippen LogP contribution in [0.5, 0.6) is 11.5 Å². The Bertz CT molecular complexity index is 529. The maximum atomic E-state index is 10.5. The summed E-state index contributed by atoms with van der Waals surface area (Å²) in [4.78, 5) is 13.4. The standard InChI is InChI=1S/C10H9NO4/c12-8-2-6-5(1-10(14)15)4-11-7(6)3-9(8)13/h2-4,11-13H,1H2,(H,14,15). The van der Waals surface area contributed by atoms with Crippen LogP contribution >= 0.6 is 0 Å². The molecule has 5 nitrogen and oxygen atoms in total. The van der Waals surface area contributed by atoms with E-state index in [0.29, 0.717) is 16.5 Å². The summed E-state index contributed by atoms with van der Waals surface area (Å²) in [6.07, 6.45) is 1.43. The molecule has 0 bridgehead atoms. The summed E-state index contributed by atoms with van der Waals surface area (Å²) in [5.41, 5.74) is 1.18. The minimum atomic E-state index is -0.941. The van der Waals surface area contributed by atoms with Crippen LogP contribution in [-0.2, 0) is 11.2 Å². The number of hydrogen-bond donors (Lipinski definition) is 4. The molecule has 78 valence electrons. The van der Waals surface area contributed by atoms with Gasteiger partial charge in [0.15, 0.2) is 11.5 Å². The Kier molecular flexibility index (Phi) is 2.00. The lowest BCUT2D eigenvalue weighted by Gasteiger charge is -1.98. The van der Waals surface area contributed by atoms with Gasteiger partial charge in [-0.15, -0.1) is 0 Å². The first-order valence-electron chi connectivity index (χ1n) is 4.31. The summed E-state index contributed by atoms with van der Waals surface area (Å²) < 4.78 is 0. The highest BCUT2D eigenvalue weighted by molar-refractivity contribution is 5.89. The molecule has 0 amide bonds. The molecule has 4 N–H and O–H groups in total. The number of phenolic OH excluding ortho intramolecular Hbond substituents is 2. The number of aromatic hydroxyl groups is 2. The number of H-pyrrole nitrogens is 1. The molecular formula is C10H9NO4. The van der Waals surface area contributed by atoms with E-state index in [1.807, 2.05) is 0 Å². The molecule has 2 aromatic rings. The molecule has 1 aromatic carbocycles. The Morgan fingerprint density at radius 3 is 2.60 bits per heavy atom. The third-order valence-electron chi connectivity index (χ3n) is 2.20. The number of aliphatic carboxylic acids is 1. The number of nitrogens with one attached hydrogen (secondary N) is 1. The van der Waals surface area contributed by atoms with E-state index in [4.69, 9.17) is 5.11 Å². The van der Waals surface area contributed by atoms with Crippen molar-refractivity contribution >= 4 is 16.9 Å². The maximum absolute atomic E-state index is 10.5. The first-order valence-corrected chi connectivity index (χ1v) is 4.31. The molecule has 0 radical (unpaired) electrons. The van der Waals surface area contributed by atoms with Gasteiger partial charge in [-0.05, 0) is 11.6 Å². The number of carbonyl (C=O) groups is 1. The van der Waals surface area contributed by atoms with Gasteiger partial charge < -0.3 is 20.3 Å². The molecule has 0 unspecified atom stereocenters. The van der Waals surface area contributed by atoms with Crippen LogP contribution in [0.1, 0.15) is 5.56 Å². The fourth-order valence-corrected chi connectivity index (χ4v) is 1.51. The zero-order valence-electron chi connectivity index (χ0n) is 7.69. The summed E-state index contributed by atoms with van der Waals surface area (Å²) >= 11 is 0. The quantitative estimate of drug-likeness (QED) is 0.557. The molecule has 0 saturated heterocycles. The zero-order valence-corrected chi connectivity index (χ0v) is 7.69. The zero-order chi connectivity index (χ0) is 11.0. The van der Waals surface area contributed by atoms with Gasteiger partial charge in [-0.3, -0.25) is 4.79 Å². The molecule has 0 fully saturated rings. The van der Waals surface area contributed by atoms with Crippen LogP contribution in [0.25, 0.3) is 10.9 Å². The number of aromatic nitrogens is 1. The highest BCUT2D eigenvalue weighted by atomic mass is 16.4. The molecule has 0 aliphatic rings. The fraction of sp³-hybridized carbons (Fsp3) is 0.100. The molecule has 15 heavy (non-hydrogen) atoms. The van der Waals surface area contributed by atoms with Crippen molar-refractivity contribution in [2.45, 2.75) is 6.42 Å². The van der Waals surface area contributed by atoms with Gasteiger partial charge >= 0.3 is 5.97 Å². The number of rotatable bonds is 2. The molecule has 1 aromatic heterocycles. The average molecular weight is 207 g/mol. The van der Waals surface area contributed by atoms with Crippen LogP contribution in [0.3, 0.4) is 0 Å². The molecule has 1 heterocycles. The molecule has 0 spiro atoms. The second-order valence-electron chi connectivity index (χ2n) is 3.27. The number of benzene rings is 1. The van der Waals surface area contributed by atoms with Crippen molar-refractivity contribution in [1.82, 2.24) is 4.98 Å². The van der Waals surface area contributed by atoms with E-state index in [2.05, 4.69) is 4.98 Å². The molecular weight excluding hydrogens is 198 g/mol. The van der Waals surface area contributed by atoms with Crippen molar-refractivity contribution in [3.8, 4) is 11.5 Å². The predicted octanol–water partition coefficient (Wildman–Crippen LogP) is 1.21. The van der Waals surface area contributed by atoms with Crippen LogP contribution < -0.4 is 0 Å².